The highest BCUT2D eigenvalue weighted by molar-refractivity contribution is 8.16. The third-order valence-electron chi connectivity index (χ3n) is 6.69. The molecular weight excluding hydrogens is 388 g/mol. The summed E-state index contributed by atoms with van der Waals surface area (Å²) in [5.41, 5.74) is 2.44. The van der Waals surface area contributed by atoms with Crippen molar-refractivity contribution in [1.82, 2.24) is 9.47 Å². The van der Waals surface area contributed by atoms with Crippen LogP contribution in [0.3, 0.4) is 0 Å². The number of fused-ring (bicyclic) bond motifs is 6. The molecule has 28 heavy (non-hydrogen) atoms. The van der Waals surface area contributed by atoms with E-state index in [1.54, 1.807) is 0 Å². The number of thioether (sulfide) groups is 2. The normalized spacial score (nSPS) is 27.2. The van der Waals surface area contributed by atoms with E-state index in [0.717, 1.165) is 31.4 Å². The molecule has 152 valence electrons. The fourth-order valence-corrected chi connectivity index (χ4v) is 6.74. The summed E-state index contributed by atoms with van der Waals surface area (Å²) in [6, 6.07) is 10.9. The first-order valence-corrected chi connectivity index (χ1v) is 12.7. The van der Waals surface area contributed by atoms with Crippen LogP contribution in [-0.4, -0.2) is 52.7 Å². The SMILES string of the molecule is CCC1CN(CC(SC)SC)[C@H]2C[C@@H]1[C@H](C(=O)OC)n1c2cc2ccccc21. The fourth-order valence-electron chi connectivity index (χ4n) is 5.28. The summed E-state index contributed by atoms with van der Waals surface area (Å²) >= 11 is 3.88. The maximum atomic E-state index is 12.9. The minimum absolute atomic E-state index is 0.0935. The lowest BCUT2D eigenvalue weighted by Gasteiger charge is -2.51. The van der Waals surface area contributed by atoms with E-state index in [1.807, 2.05) is 23.5 Å². The second-order valence-electron chi connectivity index (χ2n) is 7.90. The molecule has 2 aliphatic heterocycles. The van der Waals surface area contributed by atoms with Gasteiger partial charge in [-0.1, -0.05) is 31.5 Å². The van der Waals surface area contributed by atoms with Gasteiger partial charge in [-0.2, -0.15) is 0 Å². The van der Waals surface area contributed by atoms with Crippen LogP contribution in [0.25, 0.3) is 10.9 Å². The Hall–Kier alpha value is -1.11. The largest absolute Gasteiger partial charge is 0.467 e. The van der Waals surface area contributed by atoms with Gasteiger partial charge in [0, 0.05) is 24.3 Å². The predicted molar refractivity (Wildman–Crippen MR) is 120 cm³/mol. The molecule has 4 atom stereocenters. The molecule has 1 aromatic carbocycles. The lowest BCUT2D eigenvalue weighted by atomic mass is 9.73. The molecule has 1 aromatic heterocycles. The van der Waals surface area contributed by atoms with Crippen LogP contribution in [0.1, 0.15) is 37.5 Å². The average molecular weight is 419 g/mol. The van der Waals surface area contributed by atoms with Gasteiger partial charge in [0.15, 0.2) is 0 Å². The van der Waals surface area contributed by atoms with Gasteiger partial charge in [0.2, 0.25) is 0 Å². The van der Waals surface area contributed by atoms with Crippen LogP contribution in [0.5, 0.6) is 0 Å². The maximum absolute atomic E-state index is 12.9. The Morgan fingerprint density at radius 1 is 1.29 bits per heavy atom. The summed E-state index contributed by atoms with van der Waals surface area (Å²) in [5, 5.41) is 1.22. The van der Waals surface area contributed by atoms with Crippen molar-refractivity contribution in [2.24, 2.45) is 11.8 Å². The molecule has 2 aromatic rings. The number of carbonyl (C=O) groups is 1. The van der Waals surface area contributed by atoms with Crippen molar-refractivity contribution in [2.45, 2.75) is 36.4 Å². The predicted octanol–water partition coefficient (Wildman–Crippen LogP) is 4.81. The number of benzene rings is 1. The summed E-state index contributed by atoms with van der Waals surface area (Å²) in [4.78, 5) is 15.6. The van der Waals surface area contributed by atoms with Gasteiger partial charge in [-0.25, -0.2) is 4.79 Å². The van der Waals surface area contributed by atoms with Gasteiger partial charge in [0.1, 0.15) is 6.04 Å². The van der Waals surface area contributed by atoms with Gasteiger partial charge >= 0.3 is 5.97 Å². The average Bonchev–Trinajstić information content (AvgIpc) is 3.12. The Labute approximate surface area is 176 Å². The smallest absolute Gasteiger partial charge is 0.329 e. The molecule has 0 spiro atoms. The zero-order valence-corrected chi connectivity index (χ0v) is 18.8. The third kappa shape index (κ3) is 3.27. The molecule has 1 unspecified atom stereocenters. The lowest BCUT2D eigenvalue weighted by molar-refractivity contribution is -0.150. The number of nitrogens with zero attached hydrogens (tertiary/aromatic N) is 2. The van der Waals surface area contributed by atoms with E-state index < -0.39 is 0 Å². The van der Waals surface area contributed by atoms with Crippen molar-refractivity contribution in [3.63, 3.8) is 0 Å². The number of rotatable bonds is 6. The van der Waals surface area contributed by atoms with Crippen molar-refractivity contribution in [3.8, 4) is 0 Å². The molecular formula is C22H30N2O2S2. The zero-order valence-electron chi connectivity index (χ0n) is 17.1. The number of likely N-dealkylation sites (tertiary alicyclic amines) is 1. The highest BCUT2D eigenvalue weighted by Crippen LogP contribution is 2.51. The Morgan fingerprint density at radius 3 is 2.71 bits per heavy atom. The Bertz CT molecular complexity index is 848. The van der Waals surface area contributed by atoms with E-state index >= 15 is 0 Å². The molecule has 3 heterocycles. The lowest BCUT2D eigenvalue weighted by Crippen LogP contribution is -2.52. The molecule has 4 nitrogen and oxygen atoms in total. The van der Waals surface area contributed by atoms with Gasteiger partial charge in [-0.3, -0.25) is 4.90 Å². The Kier molecular flexibility index (Phi) is 6.00. The maximum Gasteiger partial charge on any atom is 0.329 e. The number of hydrogen-bond acceptors (Lipinski definition) is 5. The molecule has 1 saturated heterocycles. The van der Waals surface area contributed by atoms with E-state index in [9.17, 15) is 4.79 Å². The second-order valence-corrected chi connectivity index (χ2v) is 10.3. The number of hydrogen-bond donors (Lipinski definition) is 0. The monoisotopic (exact) mass is 418 g/mol. The van der Waals surface area contributed by atoms with Crippen molar-refractivity contribution >= 4 is 40.4 Å². The number of esters is 1. The number of ether oxygens (including phenoxy) is 1. The molecule has 4 rings (SSSR count). The zero-order chi connectivity index (χ0) is 19.8. The quantitative estimate of drug-likeness (QED) is 0.497. The molecule has 2 bridgehead atoms. The van der Waals surface area contributed by atoms with Crippen LogP contribution >= 0.6 is 23.5 Å². The van der Waals surface area contributed by atoms with E-state index in [-0.39, 0.29) is 12.0 Å². The Balaban J connectivity index is 1.84. The molecule has 1 fully saturated rings. The van der Waals surface area contributed by atoms with Crippen molar-refractivity contribution < 1.29 is 9.53 Å². The molecule has 0 amide bonds. The number of para-hydroxylation sites is 1. The fraction of sp³-hybridized carbons (Fsp3) is 0.591. The minimum atomic E-state index is -0.208. The van der Waals surface area contributed by atoms with E-state index in [4.69, 9.17) is 4.74 Å². The first-order valence-electron chi connectivity index (χ1n) is 10.1. The van der Waals surface area contributed by atoms with Gasteiger partial charge in [-0.05, 0) is 48.3 Å². The number of aromatic nitrogens is 1. The van der Waals surface area contributed by atoms with Gasteiger partial charge < -0.3 is 9.30 Å². The first-order chi connectivity index (χ1) is 13.6. The van der Waals surface area contributed by atoms with Crippen LogP contribution in [0.15, 0.2) is 30.3 Å². The Morgan fingerprint density at radius 2 is 2.04 bits per heavy atom. The number of piperidine rings is 1. The third-order valence-corrected chi connectivity index (χ3v) is 9.19. The van der Waals surface area contributed by atoms with Crippen molar-refractivity contribution in [3.05, 3.63) is 36.0 Å². The summed E-state index contributed by atoms with van der Waals surface area (Å²) in [6.45, 7) is 4.42. The molecule has 6 heteroatoms. The van der Waals surface area contributed by atoms with Crippen LogP contribution in [0, 0.1) is 11.8 Å². The van der Waals surface area contributed by atoms with Gasteiger partial charge in [0.25, 0.3) is 0 Å². The molecule has 2 aliphatic rings. The van der Waals surface area contributed by atoms with Gasteiger partial charge in [0.05, 0.1) is 17.7 Å². The first kappa shape index (κ1) is 20.2. The molecule has 0 radical (unpaired) electrons. The van der Waals surface area contributed by atoms with Gasteiger partial charge in [-0.15, -0.1) is 23.5 Å². The van der Waals surface area contributed by atoms with Crippen LogP contribution < -0.4 is 0 Å². The number of carbonyl (C=O) groups excluding carboxylic acids is 1. The summed E-state index contributed by atoms with van der Waals surface area (Å²) in [7, 11) is 1.53. The minimum Gasteiger partial charge on any atom is -0.467 e. The summed E-state index contributed by atoms with van der Waals surface area (Å²) in [6.07, 6.45) is 6.55. The van der Waals surface area contributed by atoms with E-state index in [0.29, 0.717) is 22.5 Å². The number of methoxy groups -OCH3 is 1. The topological polar surface area (TPSA) is 34.5 Å². The highest BCUT2D eigenvalue weighted by Gasteiger charge is 2.49. The molecule has 0 N–H and O–H groups in total. The second kappa shape index (κ2) is 8.33. The van der Waals surface area contributed by atoms with E-state index in [2.05, 4.69) is 59.2 Å². The van der Waals surface area contributed by atoms with Crippen LogP contribution in [0.2, 0.25) is 0 Å². The molecule has 0 aliphatic carbocycles. The highest BCUT2D eigenvalue weighted by atomic mass is 32.2. The summed E-state index contributed by atoms with van der Waals surface area (Å²) in [5.74, 6) is 0.757. The van der Waals surface area contributed by atoms with Crippen molar-refractivity contribution in [2.75, 3.05) is 32.7 Å². The molecule has 0 saturated carbocycles. The van der Waals surface area contributed by atoms with Crippen molar-refractivity contribution in [1.29, 1.82) is 0 Å². The van der Waals surface area contributed by atoms with E-state index in [1.165, 1.54) is 18.2 Å². The van der Waals surface area contributed by atoms with Crippen LogP contribution in [-0.2, 0) is 9.53 Å². The van der Waals surface area contributed by atoms with Crippen LogP contribution in [0.4, 0.5) is 0 Å². The standard InChI is InChI=1S/C22H30N2O2S2/c1-5-14-12-23(13-20(27-3)28-4)18-11-16(14)21(22(25)26-2)24-17-9-7-6-8-15(17)10-19(18)24/h6-10,14,16,18,20-21H,5,11-13H2,1-4H3/t14?,16-,18-,21+/m0/s1. The summed E-state index contributed by atoms with van der Waals surface area (Å²) < 4.78 is 8.18.